The van der Waals surface area contributed by atoms with Crippen molar-refractivity contribution in [2.75, 3.05) is 0 Å². The van der Waals surface area contributed by atoms with Gasteiger partial charge in [0.15, 0.2) is 0 Å². The molecule has 0 aliphatic rings. The summed E-state index contributed by atoms with van der Waals surface area (Å²) in [6, 6.07) is 16.2. The number of carbonyl (C=O) groups is 2. The first-order valence-electron chi connectivity index (χ1n) is 6.40. The maximum Gasteiger partial charge on any atom is 0.271 e. The molecule has 2 N–H and O–H groups in total. The van der Waals surface area contributed by atoms with Crippen molar-refractivity contribution in [2.45, 2.75) is 4.90 Å². The zero-order valence-electron chi connectivity index (χ0n) is 11.5. The highest BCUT2D eigenvalue weighted by atomic mass is 35.5. The monoisotopic (exact) mass is 332 g/mol. The van der Waals surface area contributed by atoms with E-state index in [2.05, 4.69) is 10.9 Å². The van der Waals surface area contributed by atoms with Gasteiger partial charge in [-0.05, 0) is 29.7 Å². The maximum absolute atomic E-state index is 11.8. The molecule has 0 aliphatic heterocycles. The van der Waals surface area contributed by atoms with Crippen LogP contribution in [0.4, 0.5) is 0 Å². The van der Waals surface area contributed by atoms with Crippen LogP contribution in [0.3, 0.4) is 0 Å². The van der Waals surface area contributed by atoms with Gasteiger partial charge >= 0.3 is 0 Å². The summed E-state index contributed by atoms with van der Waals surface area (Å²) >= 11 is 7.30. The highest BCUT2D eigenvalue weighted by Crippen LogP contribution is 2.17. The molecule has 2 aromatic carbocycles. The lowest BCUT2D eigenvalue weighted by Crippen LogP contribution is -2.40. The van der Waals surface area contributed by atoms with Crippen LogP contribution in [0.5, 0.6) is 0 Å². The minimum absolute atomic E-state index is 0.298. The third-order valence-corrected chi connectivity index (χ3v) is 3.73. The van der Waals surface area contributed by atoms with Crippen LogP contribution in [0.1, 0.15) is 10.4 Å². The smallest absolute Gasteiger partial charge is 0.268 e. The molecule has 0 spiro atoms. The van der Waals surface area contributed by atoms with Crippen molar-refractivity contribution < 1.29 is 9.59 Å². The fourth-order valence-corrected chi connectivity index (χ4v) is 2.43. The first-order valence-corrected chi connectivity index (χ1v) is 7.65. The molecule has 0 radical (unpaired) electrons. The lowest BCUT2D eigenvalue weighted by molar-refractivity contribution is -0.117. The summed E-state index contributed by atoms with van der Waals surface area (Å²) in [7, 11) is 0. The van der Waals surface area contributed by atoms with E-state index in [0.29, 0.717) is 10.6 Å². The van der Waals surface area contributed by atoms with Gasteiger partial charge in [0, 0.05) is 11.0 Å². The molecular weight excluding hydrogens is 320 g/mol. The number of benzene rings is 2. The largest absolute Gasteiger partial charge is 0.271 e. The number of thioether (sulfide) groups is 1. The molecule has 2 aromatic rings. The summed E-state index contributed by atoms with van der Waals surface area (Å²) in [6.07, 6.45) is 1.34. The minimum atomic E-state index is -0.469. The second-order valence-corrected chi connectivity index (χ2v) is 5.54. The van der Waals surface area contributed by atoms with Gasteiger partial charge in [0.2, 0.25) is 0 Å². The predicted octanol–water partition coefficient (Wildman–Crippen LogP) is 3.41. The van der Waals surface area contributed by atoms with Gasteiger partial charge in [-0.1, -0.05) is 53.7 Å². The van der Waals surface area contributed by atoms with E-state index in [-0.39, 0.29) is 0 Å². The van der Waals surface area contributed by atoms with Crippen molar-refractivity contribution in [2.24, 2.45) is 0 Å². The summed E-state index contributed by atoms with van der Waals surface area (Å²) in [6.45, 7) is 0. The lowest BCUT2D eigenvalue weighted by Gasteiger charge is -2.06. The molecule has 4 nitrogen and oxygen atoms in total. The van der Waals surface area contributed by atoms with Crippen LogP contribution in [-0.4, -0.2) is 11.8 Å². The van der Waals surface area contributed by atoms with Gasteiger partial charge in [-0.2, -0.15) is 0 Å². The molecule has 0 bridgehead atoms. The number of nitrogens with one attached hydrogen (secondary N) is 2. The zero-order chi connectivity index (χ0) is 15.8. The third-order valence-electron chi connectivity index (χ3n) is 2.58. The van der Waals surface area contributed by atoms with E-state index in [1.807, 2.05) is 30.3 Å². The Labute approximate surface area is 137 Å². The summed E-state index contributed by atoms with van der Waals surface area (Å²) < 4.78 is 0. The molecule has 22 heavy (non-hydrogen) atoms. The Morgan fingerprint density at radius 3 is 2.36 bits per heavy atom. The van der Waals surface area contributed by atoms with Crippen LogP contribution in [-0.2, 0) is 4.79 Å². The van der Waals surface area contributed by atoms with E-state index < -0.39 is 11.8 Å². The van der Waals surface area contributed by atoms with Crippen molar-refractivity contribution in [3.63, 3.8) is 0 Å². The van der Waals surface area contributed by atoms with Crippen LogP contribution >= 0.6 is 23.4 Å². The Morgan fingerprint density at radius 2 is 1.64 bits per heavy atom. The highest BCUT2D eigenvalue weighted by molar-refractivity contribution is 8.02. The normalized spacial score (nSPS) is 10.4. The van der Waals surface area contributed by atoms with Gasteiger partial charge in [-0.3, -0.25) is 20.4 Å². The number of hydrogen-bond donors (Lipinski definition) is 2. The zero-order valence-corrected chi connectivity index (χ0v) is 13.0. The summed E-state index contributed by atoms with van der Waals surface area (Å²) in [4.78, 5) is 24.4. The molecule has 6 heteroatoms. The summed E-state index contributed by atoms with van der Waals surface area (Å²) in [5.74, 6) is -0.896. The van der Waals surface area contributed by atoms with Crippen molar-refractivity contribution in [1.82, 2.24) is 10.9 Å². The molecule has 0 saturated carbocycles. The van der Waals surface area contributed by atoms with Gasteiger partial charge in [0.1, 0.15) is 0 Å². The van der Waals surface area contributed by atoms with Crippen molar-refractivity contribution in [1.29, 1.82) is 0 Å². The Hall–Kier alpha value is -2.24. The average Bonchev–Trinajstić information content (AvgIpc) is 2.54. The Kier molecular flexibility index (Phi) is 6.06. The van der Waals surface area contributed by atoms with Crippen molar-refractivity contribution in [3.8, 4) is 0 Å². The van der Waals surface area contributed by atoms with Gasteiger partial charge in [-0.15, -0.1) is 0 Å². The van der Waals surface area contributed by atoms with Crippen molar-refractivity contribution >= 4 is 35.2 Å². The number of hydrogen-bond acceptors (Lipinski definition) is 3. The minimum Gasteiger partial charge on any atom is -0.268 e. The standard InChI is InChI=1S/C16H13ClN2O2S/c17-14-9-5-4-8-13(14)16(21)19-18-15(20)10-11-22-12-6-2-1-3-7-12/h1-11H,(H,18,20)(H,19,21)/b11-10+. The van der Waals surface area contributed by atoms with Crippen LogP contribution in [0.15, 0.2) is 71.0 Å². The van der Waals surface area contributed by atoms with Gasteiger partial charge in [0.05, 0.1) is 10.6 Å². The fraction of sp³-hybridized carbons (Fsp3) is 0. The molecule has 112 valence electrons. The molecule has 0 aromatic heterocycles. The maximum atomic E-state index is 11.8. The molecule has 2 amide bonds. The first-order chi connectivity index (χ1) is 10.7. The molecule has 0 fully saturated rings. The highest BCUT2D eigenvalue weighted by Gasteiger charge is 2.09. The molecule has 0 unspecified atom stereocenters. The van der Waals surface area contributed by atoms with Crippen LogP contribution in [0.25, 0.3) is 0 Å². The molecule has 0 saturated heterocycles. The van der Waals surface area contributed by atoms with Gasteiger partial charge < -0.3 is 0 Å². The number of amides is 2. The Morgan fingerprint density at radius 1 is 0.955 bits per heavy atom. The van der Waals surface area contributed by atoms with E-state index in [0.717, 1.165) is 4.90 Å². The average molecular weight is 333 g/mol. The van der Waals surface area contributed by atoms with Crippen LogP contribution < -0.4 is 10.9 Å². The Bertz CT molecular complexity index is 690. The lowest BCUT2D eigenvalue weighted by atomic mass is 10.2. The second kappa shape index (κ2) is 8.26. The predicted molar refractivity (Wildman–Crippen MR) is 88.5 cm³/mol. The number of hydrazine groups is 1. The van der Waals surface area contributed by atoms with E-state index in [1.165, 1.54) is 17.8 Å². The van der Waals surface area contributed by atoms with E-state index in [1.54, 1.807) is 29.7 Å². The summed E-state index contributed by atoms with van der Waals surface area (Å²) in [5, 5.41) is 1.97. The second-order valence-electron chi connectivity index (χ2n) is 4.16. The summed E-state index contributed by atoms with van der Waals surface area (Å²) in [5.41, 5.74) is 4.90. The SMILES string of the molecule is O=C(/C=C/Sc1ccccc1)NNC(=O)c1ccccc1Cl. The number of rotatable bonds is 4. The van der Waals surface area contributed by atoms with E-state index in [4.69, 9.17) is 11.6 Å². The third kappa shape index (κ3) is 4.95. The topological polar surface area (TPSA) is 58.2 Å². The molecule has 0 aliphatic carbocycles. The number of carbonyl (C=O) groups excluding carboxylic acids is 2. The molecule has 0 heterocycles. The first kappa shape index (κ1) is 16.1. The van der Waals surface area contributed by atoms with Gasteiger partial charge in [0.25, 0.3) is 11.8 Å². The quantitative estimate of drug-likeness (QED) is 0.512. The number of halogens is 1. The van der Waals surface area contributed by atoms with Gasteiger partial charge in [-0.25, -0.2) is 0 Å². The molecule has 0 atom stereocenters. The van der Waals surface area contributed by atoms with Crippen molar-refractivity contribution in [3.05, 3.63) is 76.7 Å². The molecular formula is C16H13ClN2O2S. The Balaban J connectivity index is 1.80. The molecule has 2 rings (SSSR count). The van der Waals surface area contributed by atoms with Crippen LogP contribution in [0.2, 0.25) is 5.02 Å². The van der Waals surface area contributed by atoms with E-state index >= 15 is 0 Å². The van der Waals surface area contributed by atoms with E-state index in [9.17, 15) is 9.59 Å². The fourth-order valence-electron chi connectivity index (χ4n) is 1.55. The van der Waals surface area contributed by atoms with Crippen LogP contribution in [0, 0.1) is 0 Å².